The van der Waals surface area contributed by atoms with Crippen LogP contribution in [0.2, 0.25) is 0 Å². The zero-order valence-corrected chi connectivity index (χ0v) is 78.9. The third kappa shape index (κ3) is 28.2. The lowest BCUT2D eigenvalue weighted by molar-refractivity contribution is -0.411. The molecule has 0 bridgehead atoms. The average Bonchev–Trinajstić information content (AvgIpc) is 0.746. The summed E-state index contributed by atoms with van der Waals surface area (Å²) in [5, 5.41) is 391. The number of nitrogens with two attached hydrogens (primary N) is 2. The van der Waals surface area contributed by atoms with Crippen molar-refractivity contribution in [2.75, 3.05) is 72.7 Å². The van der Waals surface area contributed by atoms with Gasteiger partial charge in [0.25, 0.3) is 11.6 Å². The van der Waals surface area contributed by atoms with Crippen molar-refractivity contribution in [3.8, 4) is 0 Å². The number of phosphoric acid groups is 3. The summed E-state index contributed by atoms with van der Waals surface area (Å²) in [6.45, 7) is -15.9. The molecule has 11 saturated heterocycles. The standard InChI is InChI=1S/C73H127N2O70P3/c74-27-35(95)33(93)24(126-61(27)108)11-123-62-28(75)36(96)53(143-146(113,114)115)26(131-62)13-125-72(70(109)110)2-20(140-73(71(111)112)1-14(83)29(89)49(141-73)16(85)4-77)54(52(142-72)18(87)6-79)135-67-46(106)56(59(144-147(116,117)118)50(133-67)17(86)5-78)138-68-47(107)57(60(145-148(119,120)121)51(134-68)19(88)10-122-64-43(103)39(99)41(101)48(132-64)15(84)3-76)137-66-45(105)55(34(94)25(130-66)12-124-63-42(102)37(97)30(90)21(7-80)127-63)136-69-58(40(100)32(92)23(9-82)129-69)139-65-44(104)38(98)31(91)22(8-81)128-65/h14-69,76-108H,1-13,74-75H2,(H,109,110)(H,111,112)(H2,113,114,115)(H2,116,117,118)(H2,119,120,121)/t14-,15+,16-,17+,18-,19+,20-,21-,22-,23-,24-,25-,26-,27-,28-,29-,30+,31-,32-,33-,34-,35-,36-,37+,38+,39+,40+,41+,42-,43+,44-,45-,46+,47+,48-,49-,50-,51-,52-,53-,54-,55+,56-,57-,58-,59-,60-,61+,62-,63+,64+,65-,66-,67-,68-,69-,72-,73-/m1/s1. The van der Waals surface area contributed by atoms with Gasteiger partial charge in [-0.15, -0.1) is 0 Å². The van der Waals surface area contributed by atoms with Gasteiger partial charge >= 0.3 is 35.4 Å². The minimum Gasteiger partial charge on any atom is -0.477 e. The third-order valence-electron chi connectivity index (χ3n) is 26.0. The van der Waals surface area contributed by atoms with Gasteiger partial charge < -0.3 is 319 Å². The quantitative estimate of drug-likeness (QED) is 0.0252. The number of carboxylic acid groups (broad SMARTS) is 2. The minimum atomic E-state index is -6.54. The van der Waals surface area contributed by atoms with Crippen molar-refractivity contribution in [3.63, 3.8) is 0 Å². The third-order valence-corrected chi connectivity index (χ3v) is 27.6. The number of aliphatic hydroxyl groups is 33. The fourth-order valence-electron chi connectivity index (χ4n) is 18.0. The Labute approximate surface area is 829 Å². The molecule has 72 nitrogen and oxygen atoms in total. The summed E-state index contributed by atoms with van der Waals surface area (Å²) in [7, 11) is -19.0. The van der Waals surface area contributed by atoms with Gasteiger partial charge in [0.1, 0.15) is 262 Å². The van der Waals surface area contributed by atoms with Crippen molar-refractivity contribution in [1.29, 1.82) is 0 Å². The number of carbonyl (C=O) groups is 2. The molecule has 0 aliphatic carbocycles. The van der Waals surface area contributed by atoms with E-state index in [-0.39, 0.29) is 0 Å². The topological polar surface area (TPSA) is 1190 Å². The van der Waals surface area contributed by atoms with Gasteiger partial charge in [-0.3, -0.25) is 13.6 Å². The van der Waals surface area contributed by atoms with Gasteiger partial charge in [-0.2, -0.15) is 0 Å². The summed E-state index contributed by atoms with van der Waals surface area (Å²) < 4.78 is 176. The highest BCUT2D eigenvalue weighted by atomic mass is 31.2. The maximum absolute atomic E-state index is 14.3. The molecule has 11 aliphatic rings. The van der Waals surface area contributed by atoms with E-state index in [9.17, 15) is 231 Å². The normalized spacial score (nSPS) is 47.8. The Bertz CT molecular complexity index is 4280. The van der Waals surface area contributed by atoms with Gasteiger partial charge in [0.05, 0.1) is 97.0 Å². The highest BCUT2D eigenvalue weighted by molar-refractivity contribution is 7.46. The molecule has 148 heavy (non-hydrogen) atoms. The first-order chi connectivity index (χ1) is 69.1. The molecule has 45 N–H and O–H groups in total. The van der Waals surface area contributed by atoms with Crippen LogP contribution in [0.1, 0.15) is 12.8 Å². The Hall–Kier alpha value is -2.97. The predicted octanol–water partition coefficient (Wildman–Crippen LogP) is -26.9. The first-order valence-electron chi connectivity index (χ1n) is 45.0. The number of aliphatic carboxylic acids is 2. The average molecular weight is 2250 g/mol. The number of hydrogen-bond donors (Lipinski definition) is 43. The summed E-state index contributed by atoms with van der Waals surface area (Å²) in [6, 6.07) is -3.73. The van der Waals surface area contributed by atoms with Gasteiger partial charge in [-0.05, 0) is 0 Å². The smallest absolute Gasteiger partial charge is 0.470 e. The predicted molar refractivity (Wildman–Crippen MR) is 439 cm³/mol. The van der Waals surface area contributed by atoms with Crippen molar-refractivity contribution in [3.05, 3.63) is 0 Å². The zero-order chi connectivity index (χ0) is 110. The maximum Gasteiger partial charge on any atom is 0.470 e. The van der Waals surface area contributed by atoms with Crippen molar-refractivity contribution in [2.24, 2.45) is 11.5 Å². The van der Waals surface area contributed by atoms with Crippen LogP contribution in [-0.2, 0) is 136 Å². The van der Waals surface area contributed by atoms with E-state index < -0.39 is 476 Å². The van der Waals surface area contributed by atoms with Crippen LogP contribution in [0, 0.1) is 0 Å². The molecule has 0 spiro atoms. The molecule has 864 valence electrons. The number of ether oxygens (including phenoxy) is 21. The highest BCUT2D eigenvalue weighted by Crippen LogP contribution is 2.51. The van der Waals surface area contributed by atoms with E-state index in [0.717, 1.165) is 0 Å². The Kier molecular flexibility index (Phi) is 44.0. The van der Waals surface area contributed by atoms with Crippen LogP contribution >= 0.6 is 23.5 Å². The molecule has 0 radical (unpaired) electrons. The lowest BCUT2D eigenvalue weighted by Crippen LogP contribution is -2.71. The molecule has 0 unspecified atom stereocenters. The summed E-state index contributed by atoms with van der Waals surface area (Å²) in [5.41, 5.74) is 11.8. The number of aliphatic hydroxyl groups excluding tert-OH is 33. The number of hydrogen-bond acceptors (Lipinski definition) is 64. The van der Waals surface area contributed by atoms with Gasteiger partial charge in [0, 0.05) is 12.8 Å². The van der Waals surface area contributed by atoms with E-state index >= 15 is 0 Å². The highest BCUT2D eigenvalue weighted by Gasteiger charge is 2.67. The van der Waals surface area contributed by atoms with Gasteiger partial charge in [-0.25, -0.2) is 23.3 Å². The fourth-order valence-corrected chi connectivity index (χ4v) is 19.7. The van der Waals surface area contributed by atoms with E-state index in [1.807, 2.05) is 0 Å². The number of rotatable bonds is 44. The van der Waals surface area contributed by atoms with Crippen LogP contribution in [0.3, 0.4) is 0 Å². The van der Waals surface area contributed by atoms with Crippen molar-refractivity contribution < 1.29 is 344 Å². The summed E-state index contributed by atoms with van der Waals surface area (Å²) in [4.78, 5) is 91.9. The molecule has 11 heterocycles. The van der Waals surface area contributed by atoms with Gasteiger partial charge in [0.2, 0.25) is 0 Å². The lowest BCUT2D eigenvalue weighted by Gasteiger charge is -2.53. The fraction of sp³-hybridized carbons (Fsp3) is 0.973. The number of phosphoric ester groups is 3. The molecule has 75 heteroatoms. The molecule has 58 atom stereocenters. The van der Waals surface area contributed by atoms with E-state index in [2.05, 4.69) is 0 Å². The molecule has 11 fully saturated rings. The number of carboxylic acids is 2. The van der Waals surface area contributed by atoms with E-state index in [0.29, 0.717) is 0 Å². The second-order valence-corrected chi connectivity index (χ2v) is 39.8. The Morgan fingerprint density at radius 1 is 0.304 bits per heavy atom. The van der Waals surface area contributed by atoms with Crippen LogP contribution in [0.5, 0.6) is 0 Å². The van der Waals surface area contributed by atoms with Crippen molar-refractivity contribution in [1.82, 2.24) is 0 Å². The SMILES string of the molecule is N[C@@H]1[C@@H](O)[C@H](O)[C@@H](CO[C@@H]2O[C@H](CO[C@]3(C(=O)O)C[C@@H](O[C@]4(C(=O)O)C[C@@H](O)[C@@H](O)[C@@H]([C@H](O)CO)O4)[C@@H](O[C@H]4O[C@H]([C@@H](O)CO)[C@@H](OP(=O)(O)O)[C@H](O[C@H]5O[C@H]([C@@H](O)CO[C@H]6O[C@H]([C@@H](O)CO)[C@@H](O)[C@H](O)[C@@H]6O)[C@@H](OP(=O)(O)O)[C@H](O[C@H]6O[C@H](CO[C@H]7O[C@H](CO)[C@H](O)[C@H](O)[C@H]7O)[C@@H](O)[C@H](O[C@H]7O[C@H](CO)[C@@H](O)[C@H](O)[C@H]7O[C@H]7O[C@H](CO)[C@@H](O)[C@H](O)[C@H]7O)[C@H]6O)[C@@H]5O)[C@@H]4O)[C@@H]([C@H](O)CO)O3)[C@@H](OP(=O)(O)O)[C@H](O)[C@H]2N)O[C@@H]1O. The van der Waals surface area contributed by atoms with Crippen LogP contribution in [0.4, 0.5) is 0 Å². The van der Waals surface area contributed by atoms with Crippen molar-refractivity contribution in [2.45, 2.75) is 368 Å². The molecular weight excluding hydrogens is 2120 g/mol. The molecule has 11 aliphatic heterocycles. The van der Waals surface area contributed by atoms with Crippen molar-refractivity contribution >= 4 is 35.4 Å². The van der Waals surface area contributed by atoms with E-state index in [1.165, 1.54) is 0 Å². The summed E-state index contributed by atoms with van der Waals surface area (Å²) in [6.07, 6.45) is -144. The maximum atomic E-state index is 14.3. The van der Waals surface area contributed by atoms with Gasteiger partial charge in [0.15, 0.2) is 56.6 Å². The largest absolute Gasteiger partial charge is 0.477 e. The van der Waals surface area contributed by atoms with Crippen LogP contribution in [-0.4, -0.2) is 648 Å². The van der Waals surface area contributed by atoms with Crippen LogP contribution in [0.15, 0.2) is 0 Å². The summed E-state index contributed by atoms with van der Waals surface area (Å²) >= 11 is 0. The minimum absolute atomic E-state index is 1.03. The molecule has 11 rings (SSSR count). The first-order valence-corrected chi connectivity index (χ1v) is 49.5. The van der Waals surface area contributed by atoms with E-state index in [1.54, 1.807) is 0 Å². The zero-order valence-electron chi connectivity index (χ0n) is 76.2. The molecular formula is C73H127N2O70P3. The second-order valence-electron chi connectivity index (χ2n) is 36.2. The molecule has 0 amide bonds. The van der Waals surface area contributed by atoms with Crippen LogP contribution in [0.25, 0.3) is 0 Å². The van der Waals surface area contributed by atoms with E-state index in [4.69, 9.17) is 125 Å². The Morgan fingerprint density at radius 2 is 0.676 bits per heavy atom. The molecule has 0 aromatic rings. The Balaban J connectivity index is 1.03. The summed E-state index contributed by atoms with van der Waals surface area (Å²) in [5.74, 6) is -12.8. The molecule has 0 aromatic heterocycles. The molecule has 0 aromatic carbocycles. The second kappa shape index (κ2) is 52.0. The lowest BCUT2D eigenvalue weighted by atomic mass is 9.89. The monoisotopic (exact) mass is 2240 g/mol. The van der Waals surface area contributed by atoms with Gasteiger partial charge in [-0.1, -0.05) is 0 Å². The first kappa shape index (κ1) is 125. The molecule has 0 saturated carbocycles. The van der Waals surface area contributed by atoms with Crippen LogP contribution < -0.4 is 11.5 Å². The Morgan fingerprint density at radius 3 is 1.18 bits per heavy atom.